The summed E-state index contributed by atoms with van der Waals surface area (Å²) in [4.78, 5) is 14.9. The first-order valence-electron chi connectivity index (χ1n) is 3.94. The monoisotopic (exact) mass is 208 g/mol. The van der Waals surface area contributed by atoms with Gasteiger partial charge in [0, 0.05) is 11.6 Å². The molecule has 2 heterocycles. The number of nitrogens with two attached hydrogens (primary N) is 1. The molecule has 0 fully saturated rings. The second-order valence-electron chi connectivity index (χ2n) is 2.79. The van der Waals surface area contributed by atoms with Crippen molar-refractivity contribution in [1.29, 1.82) is 0 Å². The van der Waals surface area contributed by atoms with Gasteiger partial charge in [-0.15, -0.1) is 11.3 Å². The van der Waals surface area contributed by atoms with E-state index in [1.807, 2.05) is 6.92 Å². The topological polar surface area (TPSA) is 84.7 Å². The number of H-pyrrole nitrogens is 1. The number of aryl methyl sites for hydroxylation is 1. The van der Waals surface area contributed by atoms with Crippen LogP contribution in [-0.2, 0) is 0 Å². The highest BCUT2D eigenvalue weighted by Gasteiger charge is 2.11. The molecule has 1 amide bonds. The van der Waals surface area contributed by atoms with Crippen LogP contribution < -0.4 is 5.73 Å². The van der Waals surface area contributed by atoms with Crippen LogP contribution in [0.1, 0.15) is 16.2 Å². The van der Waals surface area contributed by atoms with Gasteiger partial charge in [0.1, 0.15) is 10.7 Å². The van der Waals surface area contributed by atoms with Crippen LogP contribution >= 0.6 is 11.3 Å². The number of aromatic amines is 1. The van der Waals surface area contributed by atoms with Crippen LogP contribution in [-0.4, -0.2) is 21.1 Å². The quantitative estimate of drug-likeness (QED) is 0.770. The van der Waals surface area contributed by atoms with Crippen molar-refractivity contribution in [1.82, 2.24) is 15.2 Å². The SMILES string of the molecule is Cc1n[nH]cc1-c1nc(C(N)=O)cs1. The molecule has 0 spiro atoms. The van der Waals surface area contributed by atoms with E-state index in [4.69, 9.17) is 5.73 Å². The first-order valence-corrected chi connectivity index (χ1v) is 4.82. The van der Waals surface area contributed by atoms with Crippen LogP contribution in [0, 0.1) is 6.92 Å². The first kappa shape index (κ1) is 8.89. The maximum Gasteiger partial charge on any atom is 0.268 e. The second kappa shape index (κ2) is 3.22. The lowest BCUT2D eigenvalue weighted by atomic mass is 10.3. The normalized spacial score (nSPS) is 10.4. The fraction of sp³-hybridized carbons (Fsp3) is 0.125. The Labute approximate surface area is 84.0 Å². The minimum atomic E-state index is -0.506. The summed E-state index contributed by atoms with van der Waals surface area (Å²) >= 11 is 1.38. The number of aromatic nitrogens is 3. The van der Waals surface area contributed by atoms with Gasteiger partial charge in [0.2, 0.25) is 0 Å². The van der Waals surface area contributed by atoms with E-state index in [-0.39, 0.29) is 0 Å². The van der Waals surface area contributed by atoms with E-state index in [0.717, 1.165) is 16.3 Å². The van der Waals surface area contributed by atoms with Gasteiger partial charge in [-0.2, -0.15) is 5.10 Å². The van der Waals surface area contributed by atoms with Gasteiger partial charge in [0.25, 0.3) is 5.91 Å². The first-order chi connectivity index (χ1) is 6.68. The molecule has 0 saturated heterocycles. The summed E-state index contributed by atoms with van der Waals surface area (Å²) in [6, 6.07) is 0. The van der Waals surface area contributed by atoms with Crippen LogP contribution in [0.2, 0.25) is 0 Å². The van der Waals surface area contributed by atoms with E-state index in [9.17, 15) is 4.79 Å². The molecular weight excluding hydrogens is 200 g/mol. The number of hydrogen-bond acceptors (Lipinski definition) is 4. The lowest BCUT2D eigenvalue weighted by Crippen LogP contribution is -2.10. The number of rotatable bonds is 2. The van der Waals surface area contributed by atoms with E-state index >= 15 is 0 Å². The number of carbonyl (C=O) groups is 1. The van der Waals surface area contributed by atoms with E-state index in [2.05, 4.69) is 15.2 Å². The summed E-state index contributed by atoms with van der Waals surface area (Å²) in [5.41, 5.74) is 7.16. The molecular formula is C8H8N4OS. The van der Waals surface area contributed by atoms with Crippen molar-refractivity contribution in [3.8, 4) is 10.6 Å². The molecule has 0 radical (unpaired) electrons. The Morgan fingerprint density at radius 1 is 1.64 bits per heavy atom. The van der Waals surface area contributed by atoms with Crippen LogP contribution in [0.5, 0.6) is 0 Å². The minimum absolute atomic E-state index is 0.297. The van der Waals surface area contributed by atoms with Gasteiger partial charge in [-0.3, -0.25) is 9.89 Å². The third kappa shape index (κ3) is 1.39. The number of hydrogen-bond donors (Lipinski definition) is 2. The Kier molecular flexibility index (Phi) is 2.05. The van der Waals surface area contributed by atoms with Crippen molar-refractivity contribution in [2.75, 3.05) is 0 Å². The van der Waals surface area contributed by atoms with Crippen LogP contribution in [0.4, 0.5) is 0 Å². The fourth-order valence-corrected chi connectivity index (χ4v) is 1.96. The Balaban J connectivity index is 2.43. The highest BCUT2D eigenvalue weighted by Crippen LogP contribution is 2.24. The molecule has 3 N–H and O–H groups in total. The maximum atomic E-state index is 10.8. The zero-order valence-corrected chi connectivity index (χ0v) is 8.26. The number of primary amides is 1. The second-order valence-corrected chi connectivity index (χ2v) is 3.64. The molecule has 72 valence electrons. The van der Waals surface area contributed by atoms with Gasteiger partial charge in [-0.05, 0) is 6.92 Å². The van der Waals surface area contributed by atoms with Gasteiger partial charge >= 0.3 is 0 Å². The molecule has 5 nitrogen and oxygen atoms in total. The van der Waals surface area contributed by atoms with Crippen molar-refractivity contribution in [3.05, 3.63) is 23.0 Å². The zero-order valence-electron chi connectivity index (χ0n) is 7.44. The highest BCUT2D eigenvalue weighted by molar-refractivity contribution is 7.13. The standard InChI is InChI=1S/C8H8N4OS/c1-4-5(2-10-12-4)8-11-6(3-14-8)7(9)13/h2-3H,1H3,(H2,9,13)(H,10,12). The summed E-state index contributed by atoms with van der Waals surface area (Å²) in [6.07, 6.45) is 1.75. The van der Waals surface area contributed by atoms with E-state index in [1.54, 1.807) is 11.6 Å². The maximum absolute atomic E-state index is 10.8. The van der Waals surface area contributed by atoms with E-state index in [0.29, 0.717) is 5.69 Å². The Hall–Kier alpha value is -1.69. The summed E-state index contributed by atoms with van der Waals surface area (Å²) in [5, 5.41) is 9.11. The molecule has 0 saturated carbocycles. The minimum Gasteiger partial charge on any atom is -0.364 e. The predicted molar refractivity (Wildman–Crippen MR) is 53.0 cm³/mol. The van der Waals surface area contributed by atoms with Crippen molar-refractivity contribution < 1.29 is 4.79 Å². The third-order valence-electron chi connectivity index (χ3n) is 1.82. The molecule has 0 atom stereocenters. The van der Waals surface area contributed by atoms with E-state index < -0.39 is 5.91 Å². The summed E-state index contributed by atoms with van der Waals surface area (Å²) < 4.78 is 0. The number of carbonyl (C=O) groups excluding carboxylic acids is 1. The Morgan fingerprint density at radius 2 is 2.43 bits per heavy atom. The highest BCUT2D eigenvalue weighted by atomic mass is 32.1. The van der Waals surface area contributed by atoms with E-state index in [1.165, 1.54) is 11.3 Å². The molecule has 0 aromatic carbocycles. The van der Waals surface area contributed by atoms with Gasteiger partial charge in [-0.1, -0.05) is 0 Å². The number of thiazole rings is 1. The smallest absolute Gasteiger partial charge is 0.268 e. The molecule has 6 heteroatoms. The summed E-state index contributed by atoms with van der Waals surface area (Å²) in [6.45, 7) is 1.87. The van der Waals surface area contributed by atoms with Crippen molar-refractivity contribution in [3.63, 3.8) is 0 Å². The Morgan fingerprint density at radius 3 is 2.93 bits per heavy atom. The van der Waals surface area contributed by atoms with Crippen LogP contribution in [0.15, 0.2) is 11.6 Å². The number of amides is 1. The molecule has 2 rings (SSSR count). The van der Waals surface area contributed by atoms with Gasteiger partial charge in [0.15, 0.2) is 0 Å². The molecule has 0 bridgehead atoms. The lowest BCUT2D eigenvalue weighted by molar-refractivity contribution is 0.0996. The van der Waals surface area contributed by atoms with Gasteiger partial charge < -0.3 is 5.73 Å². The molecule has 2 aromatic heterocycles. The molecule has 0 aliphatic heterocycles. The number of nitrogens with zero attached hydrogens (tertiary/aromatic N) is 2. The molecule has 0 unspecified atom stereocenters. The van der Waals surface area contributed by atoms with Gasteiger partial charge in [-0.25, -0.2) is 4.98 Å². The average molecular weight is 208 g/mol. The molecule has 2 aromatic rings. The lowest BCUT2D eigenvalue weighted by Gasteiger charge is -1.89. The summed E-state index contributed by atoms with van der Waals surface area (Å²) in [5.74, 6) is -0.506. The van der Waals surface area contributed by atoms with Crippen molar-refractivity contribution in [2.45, 2.75) is 6.92 Å². The molecule has 0 aliphatic carbocycles. The predicted octanol–water partition coefficient (Wildman–Crippen LogP) is 0.941. The molecule has 0 aliphatic rings. The van der Waals surface area contributed by atoms with Crippen LogP contribution in [0.3, 0.4) is 0 Å². The van der Waals surface area contributed by atoms with Gasteiger partial charge in [0.05, 0.1) is 11.3 Å². The molecule has 14 heavy (non-hydrogen) atoms. The largest absolute Gasteiger partial charge is 0.364 e. The average Bonchev–Trinajstić information content (AvgIpc) is 2.71. The zero-order chi connectivity index (χ0) is 10.1. The fourth-order valence-electron chi connectivity index (χ4n) is 1.09. The third-order valence-corrected chi connectivity index (χ3v) is 2.69. The van der Waals surface area contributed by atoms with Crippen LogP contribution in [0.25, 0.3) is 10.6 Å². The number of nitrogens with one attached hydrogen (secondary N) is 1. The van der Waals surface area contributed by atoms with Crippen molar-refractivity contribution in [2.24, 2.45) is 5.73 Å². The summed E-state index contributed by atoms with van der Waals surface area (Å²) in [7, 11) is 0. The van der Waals surface area contributed by atoms with Crippen molar-refractivity contribution >= 4 is 17.2 Å². The Bertz CT molecular complexity index is 473.